The van der Waals surface area contributed by atoms with Crippen LogP contribution < -0.4 is 10.9 Å². The molecule has 2 atom stereocenters. The van der Waals surface area contributed by atoms with Gasteiger partial charge in [-0.15, -0.1) is 0 Å². The minimum atomic E-state index is 0.272. The van der Waals surface area contributed by atoms with E-state index in [1.807, 2.05) is 7.05 Å². The number of hydrogen-bond donors (Lipinski definition) is 2. The van der Waals surface area contributed by atoms with Gasteiger partial charge in [0.25, 0.3) is 0 Å². The maximum absolute atomic E-state index is 3.43. The van der Waals surface area contributed by atoms with Crippen molar-refractivity contribution in [2.24, 2.45) is 17.8 Å². The van der Waals surface area contributed by atoms with Crippen molar-refractivity contribution in [1.29, 1.82) is 0 Å². The van der Waals surface area contributed by atoms with Crippen molar-refractivity contribution in [3.8, 4) is 0 Å². The Bertz CT molecular complexity index is 199. The quantitative estimate of drug-likeness (QED) is 0.700. The Balaban J connectivity index is 1.94. The SMILES string of the molecule is CNNC(C)(C)C1C2CCCCCCC21. The Morgan fingerprint density at radius 3 is 1.93 bits per heavy atom. The lowest BCUT2D eigenvalue weighted by molar-refractivity contribution is 0.283. The molecule has 0 aromatic rings. The van der Waals surface area contributed by atoms with Crippen molar-refractivity contribution in [1.82, 2.24) is 10.9 Å². The van der Waals surface area contributed by atoms with E-state index in [0.29, 0.717) is 0 Å². The Labute approximate surface area is 94.2 Å². The third kappa shape index (κ3) is 2.36. The van der Waals surface area contributed by atoms with Crippen molar-refractivity contribution in [3.63, 3.8) is 0 Å². The monoisotopic (exact) mass is 210 g/mol. The van der Waals surface area contributed by atoms with E-state index in [1.54, 1.807) is 0 Å². The highest BCUT2D eigenvalue weighted by atomic mass is 15.4. The summed E-state index contributed by atoms with van der Waals surface area (Å²) in [6.07, 6.45) is 8.82. The zero-order valence-electron chi connectivity index (χ0n) is 10.5. The molecular formula is C13H26N2. The first-order chi connectivity index (χ1) is 7.17. The minimum absolute atomic E-state index is 0.272. The highest BCUT2D eigenvalue weighted by Gasteiger charge is 2.55. The Kier molecular flexibility index (Phi) is 3.36. The molecule has 2 aliphatic carbocycles. The number of rotatable bonds is 3. The van der Waals surface area contributed by atoms with E-state index in [0.717, 1.165) is 17.8 Å². The molecule has 0 heterocycles. The van der Waals surface area contributed by atoms with Gasteiger partial charge in [-0.1, -0.05) is 25.7 Å². The first-order valence-corrected chi connectivity index (χ1v) is 6.61. The Morgan fingerprint density at radius 2 is 1.47 bits per heavy atom. The lowest BCUT2D eigenvalue weighted by Crippen LogP contribution is -2.48. The first kappa shape index (κ1) is 11.4. The largest absolute Gasteiger partial charge is 0.260 e. The Morgan fingerprint density at radius 1 is 0.933 bits per heavy atom. The standard InChI is InChI=1S/C13H26N2/c1-13(2,15-14-3)12-10-8-6-4-5-7-9-11(10)12/h10-12,14-15H,4-9H2,1-3H3. The molecule has 2 heteroatoms. The fraction of sp³-hybridized carbons (Fsp3) is 1.00. The highest BCUT2D eigenvalue weighted by Crippen LogP contribution is 2.58. The zero-order valence-corrected chi connectivity index (χ0v) is 10.5. The molecule has 88 valence electrons. The lowest BCUT2D eigenvalue weighted by atomic mass is 9.95. The van der Waals surface area contributed by atoms with Gasteiger partial charge >= 0.3 is 0 Å². The predicted molar refractivity (Wildman–Crippen MR) is 64.4 cm³/mol. The molecule has 0 radical (unpaired) electrons. The molecule has 2 unspecified atom stereocenters. The number of nitrogens with one attached hydrogen (secondary N) is 2. The topological polar surface area (TPSA) is 24.1 Å². The summed E-state index contributed by atoms with van der Waals surface area (Å²) in [5, 5.41) is 0. The minimum Gasteiger partial charge on any atom is -0.260 e. The summed E-state index contributed by atoms with van der Waals surface area (Å²) in [5.74, 6) is 2.94. The van der Waals surface area contributed by atoms with Gasteiger partial charge in [-0.3, -0.25) is 10.9 Å². The molecule has 0 aromatic carbocycles. The number of fused-ring (bicyclic) bond motifs is 1. The van der Waals surface area contributed by atoms with Crippen LogP contribution in [0.25, 0.3) is 0 Å². The average Bonchev–Trinajstić information content (AvgIpc) is 2.77. The van der Waals surface area contributed by atoms with Crippen molar-refractivity contribution >= 4 is 0 Å². The van der Waals surface area contributed by atoms with Crippen LogP contribution in [-0.4, -0.2) is 12.6 Å². The summed E-state index contributed by atoms with van der Waals surface area (Å²) in [6.45, 7) is 4.69. The zero-order chi connectivity index (χ0) is 10.9. The van der Waals surface area contributed by atoms with Gasteiger partial charge in [-0.05, 0) is 51.5 Å². The smallest absolute Gasteiger partial charge is 0.0301 e. The lowest BCUT2D eigenvalue weighted by Gasteiger charge is -2.27. The fourth-order valence-electron chi connectivity index (χ4n) is 3.82. The van der Waals surface area contributed by atoms with Crippen LogP contribution in [0.3, 0.4) is 0 Å². The summed E-state index contributed by atoms with van der Waals surface area (Å²) < 4.78 is 0. The summed E-state index contributed by atoms with van der Waals surface area (Å²) >= 11 is 0. The van der Waals surface area contributed by atoms with Crippen LogP contribution in [0.4, 0.5) is 0 Å². The molecule has 2 N–H and O–H groups in total. The van der Waals surface area contributed by atoms with Gasteiger partial charge in [-0.2, -0.15) is 0 Å². The van der Waals surface area contributed by atoms with Crippen LogP contribution in [-0.2, 0) is 0 Å². The summed E-state index contributed by atoms with van der Waals surface area (Å²) in [6, 6.07) is 0. The second kappa shape index (κ2) is 4.42. The van der Waals surface area contributed by atoms with E-state index < -0.39 is 0 Å². The van der Waals surface area contributed by atoms with Crippen LogP contribution in [0.5, 0.6) is 0 Å². The van der Waals surface area contributed by atoms with Gasteiger partial charge in [-0.25, -0.2) is 0 Å². The third-order valence-electron chi connectivity index (χ3n) is 4.44. The van der Waals surface area contributed by atoms with Crippen molar-refractivity contribution in [2.45, 2.75) is 57.9 Å². The molecule has 0 spiro atoms. The van der Waals surface area contributed by atoms with E-state index >= 15 is 0 Å². The van der Waals surface area contributed by atoms with Crippen molar-refractivity contribution < 1.29 is 0 Å². The molecular weight excluding hydrogens is 184 g/mol. The molecule has 0 aromatic heterocycles. The third-order valence-corrected chi connectivity index (χ3v) is 4.44. The summed E-state index contributed by atoms with van der Waals surface area (Å²) in [4.78, 5) is 0. The molecule has 0 bridgehead atoms. The maximum atomic E-state index is 3.43. The average molecular weight is 210 g/mol. The van der Waals surface area contributed by atoms with Gasteiger partial charge < -0.3 is 0 Å². The molecule has 2 saturated carbocycles. The second-order valence-corrected chi connectivity index (χ2v) is 5.94. The molecule has 0 aliphatic heterocycles. The second-order valence-electron chi connectivity index (χ2n) is 5.94. The maximum Gasteiger partial charge on any atom is 0.0301 e. The molecule has 0 saturated heterocycles. The molecule has 2 fully saturated rings. The van der Waals surface area contributed by atoms with Crippen LogP contribution in [0.1, 0.15) is 52.4 Å². The molecule has 0 amide bonds. The summed E-state index contributed by atoms with van der Waals surface area (Å²) in [7, 11) is 1.98. The van der Waals surface area contributed by atoms with Crippen molar-refractivity contribution in [2.75, 3.05) is 7.05 Å². The van der Waals surface area contributed by atoms with Gasteiger partial charge in [0.2, 0.25) is 0 Å². The van der Waals surface area contributed by atoms with Gasteiger partial charge in [0.05, 0.1) is 0 Å². The van der Waals surface area contributed by atoms with E-state index in [-0.39, 0.29) is 5.54 Å². The van der Waals surface area contributed by atoms with Crippen LogP contribution in [0.15, 0.2) is 0 Å². The molecule has 2 nitrogen and oxygen atoms in total. The van der Waals surface area contributed by atoms with Crippen LogP contribution in [0.2, 0.25) is 0 Å². The summed E-state index contributed by atoms with van der Waals surface area (Å²) in [5.41, 5.74) is 6.82. The van der Waals surface area contributed by atoms with Gasteiger partial charge in [0, 0.05) is 5.54 Å². The number of hydrogen-bond acceptors (Lipinski definition) is 2. The van der Waals surface area contributed by atoms with E-state index in [1.165, 1.54) is 38.5 Å². The fourth-order valence-corrected chi connectivity index (χ4v) is 3.82. The van der Waals surface area contributed by atoms with Crippen LogP contribution in [0, 0.1) is 17.8 Å². The predicted octanol–water partition coefficient (Wildman–Crippen LogP) is 2.71. The van der Waals surface area contributed by atoms with Gasteiger partial charge in [0.15, 0.2) is 0 Å². The highest BCUT2D eigenvalue weighted by molar-refractivity contribution is 5.07. The normalized spacial score (nSPS) is 36.6. The molecule has 2 rings (SSSR count). The molecule has 15 heavy (non-hydrogen) atoms. The van der Waals surface area contributed by atoms with E-state index in [2.05, 4.69) is 24.7 Å². The van der Waals surface area contributed by atoms with Crippen LogP contribution >= 0.6 is 0 Å². The first-order valence-electron chi connectivity index (χ1n) is 6.61. The molecule has 2 aliphatic rings. The number of hydrazine groups is 1. The van der Waals surface area contributed by atoms with E-state index in [4.69, 9.17) is 0 Å². The van der Waals surface area contributed by atoms with Crippen molar-refractivity contribution in [3.05, 3.63) is 0 Å². The van der Waals surface area contributed by atoms with Gasteiger partial charge in [0.1, 0.15) is 0 Å². The van der Waals surface area contributed by atoms with E-state index in [9.17, 15) is 0 Å². The Hall–Kier alpha value is -0.0800.